The number of likely N-dealkylation sites (tertiary alicyclic amines) is 1. The normalized spacial score (nSPS) is 17.7. The van der Waals surface area contributed by atoms with Crippen molar-refractivity contribution in [2.75, 3.05) is 19.6 Å². The average molecular weight is 268 g/mol. The fraction of sp³-hybridized carbons (Fsp3) is 0.538. The number of rotatable bonds is 4. The van der Waals surface area contributed by atoms with Gasteiger partial charge in [-0.15, -0.1) is 0 Å². The Bertz CT molecular complexity index is 418. The second-order valence-electron chi connectivity index (χ2n) is 4.72. The Morgan fingerprint density at radius 1 is 1.56 bits per heavy atom. The van der Waals surface area contributed by atoms with Crippen LogP contribution in [0.15, 0.2) is 18.3 Å². The lowest BCUT2D eigenvalue weighted by Gasteiger charge is -2.21. The molecule has 0 bridgehead atoms. The summed E-state index contributed by atoms with van der Waals surface area (Å²) in [5.41, 5.74) is 0.437. The minimum absolute atomic E-state index is 0.117. The Morgan fingerprint density at radius 2 is 2.28 bits per heavy atom. The standard InChI is InChI=1S/C13H18ClN3O/c1-10(9-17-7-2-3-8-17)16-13(18)11-5-4-6-15-12(11)14/h4-6,10H,2-3,7-9H2,1H3,(H,16,18). The van der Waals surface area contributed by atoms with Crippen LogP contribution in [0.25, 0.3) is 0 Å². The van der Waals surface area contributed by atoms with Crippen LogP contribution in [0.4, 0.5) is 0 Å². The van der Waals surface area contributed by atoms with Crippen LogP contribution in [-0.4, -0.2) is 41.5 Å². The molecule has 18 heavy (non-hydrogen) atoms. The smallest absolute Gasteiger partial charge is 0.254 e. The van der Waals surface area contributed by atoms with Gasteiger partial charge in [0.05, 0.1) is 5.56 Å². The first-order valence-electron chi connectivity index (χ1n) is 6.30. The summed E-state index contributed by atoms with van der Waals surface area (Å²) in [6, 6.07) is 3.52. The van der Waals surface area contributed by atoms with Crippen molar-refractivity contribution in [1.29, 1.82) is 0 Å². The molecule has 4 nitrogen and oxygen atoms in total. The van der Waals surface area contributed by atoms with Crippen LogP contribution in [-0.2, 0) is 0 Å². The molecule has 1 aromatic rings. The largest absolute Gasteiger partial charge is 0.348 e. The first kappa shape index (κ1) is 13.3. The van der Waals surface area contributed by atoms with E-state index in [1.807, 2.05) is 6.92 Å². The highest BCUT2D eigenvalue weighted by atomic mass is 35.5. The Kier molecular flexibility index (Phi) is 4.55. The van der Waals surface area contributed by atoms with Gasteiger partial charge in [-0.25, -0.2) is 4.98 Å². The highest BCUT2D eigenvalue weighted by Gasteiger charge is 2.17. The maximum atomic E-state index is 12.0. The van der Waals surface area contributed by atoms with E-state index in [9.17, 15) is 4.79 Å². The minimum atomic E-state index is -0.153. The van der Waals surface area contributed by atoms with Crippen LogP contribution in [0, 0.1) is 0 Å². The van der Waals surface area contributed by atoms with Crippen LogP contribution >= 0.6 is 11.6 Å². The van der Waals surface area contributed by atoms with Crippen molar-refractivity contribution >= 4 is 17.5 Å². The van der Waals surface area contributed by atoms with E-state index in [0.29, 0.717) is 5.56 Å². The Labute approximate surface area is 112 Å². The van der Waals surface area contributed by atoms with E-state index in [0.717, 1.165) is 19.6 Å². The molecular weight excluding hydrogens is 250 g/mol. The summed E-state index contributed by atoms with van der Waals surface area (Å²) < 4.78 is 0. The summed E-state index contributed by atoms with van der Waals surface area (Å²) in [7, 11) is 0. The molecule has 98 valence electrons. The molecule has 2 rings (SSSR count). The van der Waals surface area contributed by atoms with Gasteiger partial charge in [0.15, 0.2) is 0 Å². The van der Waals surface area contributed by atoms with E-state index >= 15 is 0 Å². The molecule has 0 spiro atoms. The summed E-state index contributed by atoms with van der Waals surface area (Å²) in [4.78, 5) is 18.3. The Hall–Kier alpha value is -1.13. The van der Waals surface area contributed by atoms with Gasteiger partial charge in [-0.2, -0.15) is 0 Å². The number of carbonyl (C=O) groups excluding carboxylic acids is 1. The third-order valence-corrected chi connectivity index (χ3v) is 3.41. The molecule has 0 aromatic carbocycles. The van der Waals surface area contributed by atoms with E-state index < -0.39 is 0 Å². The van der Waals surface area contributed by atoms with Crippen molar-refractivity contribution < 1.29 is 4.79 Å². The van der Waals surface area contributed by atoms with Gasteiger partial charge in [0.1, 0.15) is 5.15 Å². The first-order chi connectivity index (χ1) is 8.66. The molecule has 1 atom stereocenters. The van der Waals surface area contributed by atoms with Gasteiger partial charge in [-0.1, -0.05) is 11.6 Å². The van der Waals surface area contributed by atoms with E-state index in [2.05, 4.69) is 15.2 Å². The monoisotopic (exact) mass is 267 g/mol. The molecule has 1 aliphatic rings. The zero-order valence-electron chi connectivity index (χ0n) is 10.5. The summed E-state index contributed by atoms with van der Waals surface area (Å²) in [5, 5.41) is 3.21. The number of aromatic nitrogens is 1. The van der Waals surface area contributed by atoms with Crippen molar-refractivity contribution in [1.82, 2.24) is 15.2 Å². The average Bonchev–Trinajstić information content (AvgIpc) is 2.82. The van der Waals surface area contributed by atoms with Gasteiger partial charge in [0, 0.05) is 18.8 Å². The summed E-state index contributed by atoms with van der Waals surface area (Å²) in [6.45, 7) is 5.17. The number of pyridine rings is 1. The second kappa shape index (κ2) is 6.16. The van der Waals surface area contributed by atoms with Gasteiger partial charge in [0.2, 0.25) is 0 Å². The van der Waals surface area contributed by atoms with Gasteiger partial charge >= 0.3 is 0 Å². The zero-order valence-corrected chi connectivity index (χ0v) is 11.3. The molecule has 2 heterocycles. The van der Waals surface area contributed by atoms with E-state index in [1.54, 1.807) is 18.3 Å². The van der Waals surface area contributed by atoms with Crippen LogP contribution in [0.5, 0.6) is 0 Å². The lowest BCUT2D eigenvalue weighted by atomic mass is 10.2. The number of amides is 1. The van der Waals surface area contributed by atoms with Crippen molar-refractivity contribution in [2.24, 2.45) is 0 Å². The maximum Gasteiger partial charge on any atom is 0.254 e. The molecule has 1 N–H and O–H groups in total. The van der Waals surface area contributed by atoms with Gasteiger partial charge < -0.3 is 10.2 Å². The number of hydrogen-bond donors (Lipinski definition) is 1. The number of hydrogen-bond acceptors (Lipinski definition) is 3. The molecule has 0 radical (unpaired) electrons. The third kappa shape index (κ3) is 3.43. The first-order valence-corrected chi connectivity index (χ1v) is 6.68. The molecule has 1 saturated heterocycles. The predicted octanol–water partition coefficient (Wildman–Crippen LogP) is 1.95. The molecule has 0 saturated carbocycles. The number of halogens is 1. The van der Waals surface area contributed by atoms with Crippen molar-refractivity contribution in [3.63, 3.8) is 0 Å². The number of nitrogens with zero attached hydrogens (tertiary/aromatic N) is 2. The van der Waals surface area contributed by atoms with Crippen molar-refractivity contribution in [2.45, 2.75) is 25.8 Å². The molecule has 1 aromatic heterocycles. The maximum absolute atomic E-state index is 12.0. The molecule has 5 heteroatoms. The number of carbonyl (C=O) groups is 1. The van der Waals surface area contributed by atoms with E-state index in [4.69, 9.17) is 11.6 Å². The lowest BCUT2D eigenvalue weighted by Crippen LogP contribution is -2.41. The second-order valence-corrected chi connectivity index (χ2v) is 5.08. The molecule has 1 aliphatic heterocycles. The fourth-order valence-corrected chi connectivity index (χ4v) is 2.46. The molecule has 1 unspecified atom stereocenters. The van der Waals surface area contributed by atoms with Gasteiger partial charge in [-0.05, 0) is 45.0 Å². The van der Waals surface area contributed by atoms with Crippen LogP contribution in [0.3, 0.4) is 0 Å². The summed E-state index contributed by atoms with van der Waals surface area (Å²) in [5.74, 6) is -0.153. The molecule has 0 aliphatic carbocycles. The van der Waals surface area contributed by atoms with Gasteiger partial charge in [-0.3, -0.25) is 4.79 Å². The predicted molar refractivity (Wildman–Crippen MR) is 71.8 cm³/mol. The third-order valence-electron chi connectivity index (χ3n) is 3.11. The highest BCUT2D eigenvalue weighted by Crippen LogP contribution is 2.12. The molecular formula is C13H18ClN3O. The quantitative estimate of drug-likeness (QED) is 0.848. The topological polar surface area (TPSA) is 45.2 Å². The van der Waals surface area contributed by atoms with Gasteiger partial charge in [0.25, 0.3) is 5.91 Å². The lowest BCUT2D eigenvalue weighted by molar-refractivity contribution is 0.0931. The van der Waals surface area contributed by atoms with E-state index in [-0.39, 0.29) is 17.1 Å². The van der Waals surface area contributed by atoms with E-state index in [1.165, 1.54) is 12.8 Å². The molecule has 1 amide bonds. The summed E-state index contributed by atoms with van der Waals surface area (Å²) in [6.07, 6.45) is 4.09. The van der Waals surface area contributed by atoms with Crippen LogP contribution < -0.4 is 5.32 Å². The Morgan fingerprint density at radius 3 is 2.94 bits per heavy atom. The van der Waals surface area contributed by atoms with Crippen molar-refractivity contribution in [3.05, 3.63) is 29.0 Å². The highest BCUT2D eigenvalue weighted by molar-refractivity contribution is 6.32. The number of nitrogens with one attached hydrogen (secondary N) is 1. The minimum Gasteiger partial charge on any atom is -0.348 e. The molecule has 1 fully saturated rings. The Balaban J connectivity index is 1.88. The zero-order chi connectivity index (χ0) is 13.0. The van der Waals surface area contributed by atoms with Crippen LogP contribution in [0.2, 0.25) is 5.15 Å². The summed E-state index contributed by atoms with van der Waals surface area (Å²) >= 11 is 5.89. The van der Waals surface area contributed by atoms with Crippen molar-refractivity contribution in [3.8, 4) is 0 Å². The SMILES string of the molecule is CC(CN1CCCC1)NC(=O)c1cccnc1Cl. The fourth-order valence-electron chi connectivity index (χ4n) is 2.26. The van der Waals surface area contributed by atoms with Crippen LogP contribution in [0.1, 0.15) is 30.1 Å².